The molecular weight excluding hydrogens is 188 g/mol. The molecule has 0 saturated carbocycles. The van der Waals surface area contributed by atoms with Gasteiger partial charge in [-0.1, -0.05) is 27.7 Å². The lowest BCUT2D eigenvalue weighted by Crippen LogP contribution is -2.49. The van der Waals surface area contributed by atoms with Crippen molar-refractivity contribution in [2.75, 3.05) is 6.61 Å². The Kier molecular flexibility index (Phi) is 5.07. The van der Waals surface area contributed by atoms with Crippen LogP contribution in [0.4, 0.5) is 0 Å². The second-order valence-corrected chi connectivity index (χ2v) is 4.84. The molecule has 2 heteroatoms. The van der Waals surface area contributed by atoms with Crippen LogP contribution in [0.25, 0.3) is 0 Å². The van der Waals surface area contributed by atoms with Gasteiger partial charge < -0.3 is 9.47 Å². The highest BCUT2D eigenvalue weighted by molar-refractivity contribution is 4.86. The molecule has 0 aromatic carbocycles. The van der Waals surface area contributed by atoms with E-state index >= 15 is 0 Å². The van der Waals surface area contributed by atoms with Crippen LogP contribution in [-0.2, 0) is 9.47 Å². The van der Waals surface area contributed by atoms with Gasteiger partial charge in [-0.25, -0.2) is 0 Å². The highest BCUT2D eigenvalue weighted by atomic mass is 16.5. The normalized spacial score (nSPS) is 41.8. The largest absolute Gasteiger partial charge is 0.375 e. The molecule has 15 heavy (non-hydrogen) atoms. The van der Waals surface area contributed by atoms with Gasteiger partial charge in [-0.05, 0) is 31.6 Å². The minimum absolute atomic E-state index is 0.290. The lowest BCUT2D eigenvalue weighted by atomic mass is 9.81. The second kappa shape index (κ2) is 5.86. The molecule has 0 amide bonds. The minimum Gasteiger partial charge on any atom is -0.375 e. The Labute approximate surface area is 94.3 Å². The molecule has 5 atom stereocenters. The van der Waals surface area contributed by atoms with Crippen LogP contribution >= 0.6 is 0 Å². The fourth-order valence-corrected chi connectivity index (χ4v) is 2.38. The van der Waals surface area contributed by atoms with Crippen LogP contribution in [0.15, 0.2) is 0 Å². The van der Waals surface area contributed by atoms with Gasteiger partial charge in [-0.2, -0.15) is 0 Å². The van der Waals surface area contributed by atoms with Gasteiger partial charge in [0.2, 0.25) is 0 Å². The highest BCUT2D eigenvalue weighted by Crippen LogP contribution is 2.33. The first-order valence-electron chi connectivity index (χ1n) is 6.38. The van der Waals surface area contributed by atoms with E-state index in [1.165, 1.54) is 0 Å². The fourth-order valence-electron chi connectivity index (χ4n) is 2.38. The minimum atomic E-state index is 0.290. The number of ether oxygens (including phenoxy) is 2. The van der Waals surface area contributed by atoms with Crippen LogP contribution in [0.2, 0.25) is 0 Å². The van der Waals surface area contributed by atoms with Crippen molar-refractivity contribution >= 4 is 0 Å². The van der Waals surface area contributed by atoms with E-state index in [1.807, 2.05) is 0 Å². The number of hydrogen-bond acceptors (Lipinski definition) is 2. The molecule has 0 aromatic rings. The van der Waals surface area contributed by atoms with Gasteiger partial charge in [0.15, 0.2) is 0 Å². The molecule has 1 aliphatic heterocycles. The molecule has 1 saturated heterocycles. The van der Waals surface area contributed by atoms with Crippen LogP contribution < -0.4 is 0 Å². The molecule has 0 radical (unpaired) electrons. The Morgan fingerprint density at radius 2 is 1.73 bits per heavy atom. The maximum atomic E-state index is 6.00. The molecular formula is C13H26O2. The summed E-state index contributed by atoms with van der Waals surface area (Å²) in [7, 11) is 0. The van der Waals surface area contributed by atoms with Crippen molar-refractivity contribution in [1.82, 2.24) is 0 Å². The van der Waals surface area contributed by atoms with E-state index in [1.54, 1.807) is 0 Å². The smallest absolute Gasteiger partial charge is 0.0865 e. The molecule has 0 bridgehead atoms. The van der Waals surface area contributed by atoms with Crippen molar-refractivity contribution in [1.29, 1.82) is 0 Å². The van der Waals surface area contributed by atoms with Gasteiger partial charge in [0.25, 0.3) is 0 Å². The third-order valence-electron chi connectivity index (χ3n) is 3.76. The van der Waals surface area contributed by atoms with E-state index in [0.29, 0.717) is 24.0 Å². The van der Waals surface area contributed by atoms with E-state index < -0.39 is 0 Å². The maximum Gasteiger partial charge on any atom is 0.0865 e. The summed E-state index contributed by atoms with van der Waals surface area (Å²) in [6.07, 6.45) is 3.09. The molecule has 90 valence electrons. The van der Waals surface area contributed by atoms with Gasteiger partial charge in [-0.15, -0.1) is 0 Å². The third kappa shape index (κ3) is 2.94. The van der Waals surface area contributed by atoms with Gasteiger partial charge in [-0.3, -0.25) is 0 Å². The molecule has 1 fully saturated rings. The van der Waals surface area contributed by atoms with Crippen LogP contribution in [0.1, 0.15) is 47.5 Å². The zero-order chi connectivity index (χ0) is 11.4. The van der Waals surface area contributed by atoms with E-state index in [0.717, 1.165) is 19.4 Å². The lowest BCUT2D eigenvalue weighted by Gasteiger charge is -2.43. The summed E-state index contributed by atoms with van der Waals surface area (Å²) in [6, 6.07) is 0. The summed E-state index contributed by atoms with van der Waals surface area (Å²) in [5.41, 5.74) is 0. The first-order valence-corrected chi connectivity index (χ1v) is 6.38. The van der Waals surface area contributed by atoms with E-state index in [-0.39, 0.29) is 6.10 Å². The molecule has 2 unspecified atom stereocenters. The predicted octanol–water partition coefficient (Wildman–Crippen LogP) is 3.25. The van der Waals surface area contributed by atoms with Crippen LogP contribution in [0.5, 0.6) is 0 Å². The first kappa shape index (κ1) is 13.0. The summed E-state index contributed by atoms with van der Waals surface area (Å²) in [5, 5.41) is 0. The van der Waals surface area contributed by atoms with Crippen LogP contribution in [-0.4, -0.2) is 24.9 Å². The molecule has 0 spiro atoms. The first-order chi connectivity index (χ1) is 7.11. The summed E-state index contributed by atoms with van der Waals surface area (Å²) in [6.45, 7) is 11.9. The van der Waals surface area contributed by atoms with Crippen molar-refractivity contribution in [2.24, 2.45) is 11.8 Å². The molecule has 1 aliphatic rings. The Hall–Kier alpha value is -0.0800. The zero-order valence-electron chi connectivity index (χ0n) is 10.8. The average Bonchev–Trinajstić information content (AvgIpc) is 2.24. The lowest BCUT2D eigenvalue weighted by molar-refractivity contribution is -0.182. The quantitative estimate of drug-likeness (QED) is 0.715. The van der Waals surface area contributed by atoms with Crippen molar-refractivity contribution < 1.29 is 9.47 Å². The Morgan fingerprint density at radius 3 is 2.27 bits per heavy atom. The van der Waals surface area contributed by atoms with Crippen molar-refractivity contribution in [2.45, 2.75) is 65.8 Å². The molecule has 0 aliphatic carbocycles. The average molecular weight is 214 g/mol. The molecule has 0 N–H and O–H groups in total. The summed E-state index contributed by atoms with van der Waals surface area (Å²) in [4.78, 5) is 0. The van der Waals surface area contributed by atoms with E-state index in [9.17, 15) is 0 Å². The van der Waals surface area contributed by atoms with Gasteiger partial charge in [0.05, 0.1) is 18.3 Å². The van der Waals surface area contributed by atoms with Gasteiger partial charge >= 0.3 is 0 Å². The van der Waals surface area contributed by atoms with Crippen molar-refractivity contribution in [3.63, 3.8) is 0 Å². The number of rotatable bonds is 4. The summed E-state index contributed by atoms with van der Waals surface area (Å²) in [5.74, 6) is 1.19. The van der Waals surface area contributed by atoms with E-state index in [2.05, 4.69) is 34.6 Å². The van der Waals surface area contributed by atoms with Crippen LogP contribution in [0.3, 0.4) is 0 Å². The Balaban J connectivity index is 2.62. The third-order valence-corrected chi connectivity index (χ3v) is 3.76. The van der Waals surface area contributed by atoms with Crippen molar-refractivity contribution in [3.05, 3.63) is 0 Å². The topological polar surface area (TPSA) is 18.5 Å². The summed E-state index contributed by atoms with van der Waals surface area (Å²) < 4.78 is 11.9. The molecule has 1 heterocycles. The predicted molar refractivity (Wildman–Crippen MR) is 63.0 cm³/mol. The zero-order valence-corrected chi connectivity index (χ0v) is 10.8. The molecule has 2 nitrogen and oxygen atoms in total. The van der Waals surface area contributed by atoms with Gasteiger partial charge in [0.1, 0.15) is 0 Å². The molecule has 1 rings (SSSR count). The fraction of sp³-hybridized carbons (Fsp3) is 1.00. The highest BCUT2D eigenvalue weighted by Gasteiger charge is 2.39. The number of hydrogen-bond donors (Lipinski definition) is 0. The monoisotopic (exact) mass is 214 g/mol. The SMILES string of the molecule is CCCO[C@@H]1C(CC)OC(C)[C@H](C)[C@H]1C. The van der Waals surface area contributed by atoms with Crippen LogP contribution in [0, 0.1) is 11.8 Å². The standard InChI is InChI=1S/C13H26O2/c1-6-8-14-13-10(4)9(3)11(5)15-12(13)7-2/h9-13H,6-8H2,1-5H3/t9-,10-,11?,12?,13+/m1/s1. The van der Waals surface area contributed by atoms with Gasteiger partial charge in [0, 0.05) is 6.61 Å². The Morgan fingerprint density at radius 1 is 1.07 bits per heavy atom. The summed E-state index contributed by atoms with van der Waals surface area (Å²) >= 11 is 0. The molecule has 0 aromatic heterocycles. The van der Waals surface area contributed by atoms with Crippen molar-refractivity contribution in [3.8, 4) is 0 Å². The van der Waals surface area contributed by atoms with E-state index in [4.69, 9.17) is 9.47 Å². The second-order valence-electron chi connectivity index (χ2n) is 4.84. The Bertz CT molecular complexity index is 179. The maximum absolute atomic E-state index is 6.00.